The molecule has 0 bridgehead atoms. The van der Waals surface area contributed by atoms with Crippen molar-refractivity contribution in [1.82, 2.24) is 5.32 Å². The number of nitro benzene ring substituents is 1. The van der Waals surface area contributed by atoms with E-state index in [1.54, 1.807) is 0 Å². The molecule has 0 radical (unpaired) electrons. The summed E-state index contributed by atoms with van der Waals surface area (Å²) in [6.07, 6.45) is 0. The number of amides is 2. The minimum Gasteiger partial charge on any atom is -0.368 e. The van der Waals surface area contributed by atoms with Crippen LogP contribution < -0.4 is 11.1 Å². The first-order chi connectivity index (χ1) is 8.66. The molecule has 0 aliphatic rings. The summed E-state index contributed by atoms with van der Waals surface area (Å²) in [7, 11) is 0. The summed E-state index contributed by atoms with van der Waals surface area (Å²) in [5.41, 5.74) is 3.72. The van der Waals surface area contributed by atoms with Gasteiger partial charge in [0.15, 0.2) is 0 Å². The Morgan fingerprint density at radius 1 is 1.42 bits per heavy atom. The lowest BCUT2D eigenvalue weighted by molar-refractivity contribution is -0.385. The van der Waals surface area contributed by atoms with Gasteiger partial charge in [0.2, 0.25) is 5.91 Å². The summed E-state index contributed by atoms with van der Waals surface area (Å²) in [4.78, 5) is 33.3. The highest BCUT2D eigenvalue weighted by Crippen LogP contribution is 2.28. The van der Waals surface area contributed by atoms with Crippen molar-refractivity contribution in [3.8, 4) is 0 Å². The molecule has 1 rings (SSSR count). The first kappa shape index (κ1) is 15.1. The summed E-state index contributed by atoms with van der Waals surface area (Å²) in [5.74, 6) is -1.33. The number of hydrogen-bond donors (Lipinski definition) is 2. The maximum Gasteiger partial charge on any atom is 0.284 e. The number of nitrogens with one attached hydrogen (secondary N) is 1. The maximum absolute atomic E-state index is 12.0. The van der Waals surface area contributed by atoms with E-state index < -0.39 is 22.3 Å². The van der Waals surface area contributed by atoms with Crippen LogP contribution in [-0.2, 0) is 4.79 Å². The van der Waals surface area contributed by atoms with Crippen molar-refractivity contribution >= 4 is 33.4 Å². The van der Waals surface area contributed by atoms with Crippen LogP contribution in [0.15, 0.2) is 22.7 Å². The van der Waals surface area contributed by atoms with Gasteiger partial charge < -0.3 is 11.1 Å². The van der Waals surface area contributed by atoms with Crippen LogP contribution in [-0.4, -0.2) is 22.3 Å². The lowest BCUT2D eigenvalue weighted by atomic mass is 10.0. The molecule has 102 valence electrons. The molecule has 0 aliphatic heterocycles. The van der Waals surface area contributed by atoms with Gasteiger partial charge in [0, 0.05) is 6.07 Å². The highest BCUT2D eigenvalue weighted by Gasteiger charge is 2.29. The summed E-state index contributed by atoms with van der Waals surface area (Å²) >= 11 is 3.01. The third-order valence-corrected chi connectivity index (χ3v) is 3.30. The van der Waals surface area contributed by atoms with Crippen LogP contribution >= 0.6 is 15.9 Å². The van der Waals surface area contributed by atoms with E-state index in [1.165, 1.54) is 32.0 Å². The zero-order valence-electron chi connectivity index (χ0n) is 10.3. The van der Waals surface area contributed by atoms with Gasteiger partial charge in [-0.05, 0) is 35.8 Å². The van der Waals surface area contributed by atoms with E-state index in [0.717, 1.165) is 0 Å². The number of benzene rings is 1. The van der Waals surface area contributed by atoms with Gasteiger partial charge in [0.05, 0.1) is 10.5 Å². The lowest BCUT2D eigenvalue weighted by Crippen LogP contribution is -2.53. The molecule has 0 heterocycles. The van der Waals surface area contributed by atoms with Crippen molar-refractivity contribution in [3.63, 3.8) is 0 Å². The molecule has 1 aromatic carbocycles. The molecule has 0 saturated carbocycles. The second-order valence-corrected chi connectivity index (χ2v) is 5.13. The predicted octanol–water partition coefficient (Wildman–Crippen LogP) is 1.35. The van der Waals surface area contributed by atoms with Crippen molar-refractivity contribution in [2.75, 3.05) is 0 Å². The molecule has 0 aliphatic carbocycles. The van der Waals surface area contributed by atoms with Crippen LogP contribution in [0.2, 0.25) is 0 Å². The monoisotopic (exact) mass is 329 g/mol. The van der Waals surface area contributed by atoms with Crippen LogP contribution in [0.3, 0.4) is 0 Å². The minimum absolute atomic E-state index is 0.0535. The van der Waals surface area contributed by atoms with Crippen molar-refractivity contribution in [2.45, 2.75) is 19.4 Å². The van der Waals surface area contributed by atoms with E-state index in [-0.39, 0.29) is 15.7 Å². The molecule has 8 heteroatoms. The Morgan fingerprint density at radius 3 is 2.47 bits per heavy atom. The van der Waals surface area contributed by atoms with E-state index in [0.29, 0.717) is 0 Å². The molecule has 2 amide bonds. The fourth-order valence-corrected chi connectivity index (χ4v) is 1.84. The number of halogens is 1. The lowest BCUT2D eigenvalue weighted by Gasteiger charge is -2.22. The summed E-state index contributed by atoms with van der Waals surface area (Å²) in [5, 5.41) is 13.2. The molecule has 0 spiro atoms. The van der Waals surface area contributed by atoms with Crippen molar-refractivity contribution in [3.05, 3.63) is 38.3 Å². The average Bonchev–Trinajstić information content (AvgIpc) is 2.27. The van der Waals surface area contributed by atoms with Gasteiger partial charge in [-0.1, -0.05) is 6.07 Å². The molecule has 0 fully saturated rings. The van der Waals surface area contributed by atoms with E-state index in [1.807, 2.05) is 0 Å². The predicted molar refractivity (Wildman–Crippen MR) is 71.5 cm³/mol. The largest absolute Gasteiger partial charge is 0.368 e. The first-order valence-corrected chi connectivity index (χ1v) is 6.01. The minimum atomic E-state index is -1.25. The topological polar surface area (TPSA) is 115 Å². The summed E-state index contributed by atoms with van der Waals surface area (Å²) in [6.45, 7) is 2.89. The van der Waals surface area contributed by atoms with Crippen LogP contribution in [0.25, 0.3) is 0 Å². The normalized spacial score (nSPS) is 10.9. The van der Waals surface area contributed by atoms with Crippen molar-refractivity contribution in [2.24, 2.45) is 5.73 Å². The van der Waals surface area contributed by atoms with Crippen molar-refractivity contribution in [1.29, 1.82) is 0 Å². The Kier molecular flexibility index (Phi) is 4.25. The number of nitrogens with zero attached hydrogens (tertiary/aromatic N) is 1. The zero-order valence-corrected chi connectivity index (χ0v) is 11.9. The van der Waals surface area contributed by atoms with Crippen LogP contribution in [0.5, 0.6) is 0 Å². The smallest absolute Gasteiger partial charge is 0.284 e. The van der Waals surface area contributed by atoms with Gasteiger partial charge in [-0.15, -0.1) is 0 Å². The number of hydrogen-bond acceptors (Lipinski definition) is 4. The number of carbonyl (C=O) groups excluding carboxylic acids is 2. The molecule has 1 aromatic rings. The maximum atomic E-state index is 12.0. The summed E-state index contributed by atoms with van der Waals surface area (Å²) < 4.78 is 0.0535. The standard InChI is InChI=1S/C11H12BrN3O4/c1-11(2,10(13)17)14-9(16)6-4-3-5-7(8(6)12)15(18)19/h3-5H,1-2H3,(H2,13,17)(H,14,16). The summed E-state index contributed by atoms with van der Waals surface area (Å²) in [6, 6.07) is 4.05. The van der Waals surface area contributed by atoms with Gasteiger partial charge in [-0.25, -0.2) is 0 Å². The number of primary amides is 1. The Morgan fingerprint density at radius 2 is 2.00 bits per heavy atom. The van der Waals surface area contributed by atoms with E-state index in [4.69, 9.17) is 5.73 Å². The average molecular weight is 330 g/mol. The Labute approximate surface area is 117 Å². The van der Waals surface area contributed by atoms with E-state index in [2.05, 4.69) is 21.2 Å². The quantitative estimate of drug-likeness (QED) is 0.640. The third kappa shape index (κ3) is 3.28. The highest BCUT2D eigenvalue weighted by molar-refractivity contribution is 9.10. The third-order valence-electron chi connectivity index (χ3n) is 2.46. The van der Waals surface area contributed by atoms with E-state index in [9.17, 15) is 19.7 Å². The number of nitro groups is 1. The van der Waals surface area contributed by atoms with Crippen LogP contribution in [0.4, 0.5) is 5.69 Å². The highest BCUT2D eigenvalue weighted by atomic mass is 79.9. The van der Waals surface area contributed by atoms with E-state index >= 15 is 0 Å². The molecule has 19 heavy (non-hydrogen) atoms. The fraction of sp³-hybridized carbons (Fsp3) is 0.273. The van der Waals surface area contributed by atoms with Gasteiger partial charge in [-0.3, -0.25) is 19.7 Å². The fourth-order valence-electron chi connectivity index (χ4n) is 1.25. The molecule has 0 atom stereocenters. The SMILES string of the molecule is CC(C)(NC(=O)c1cccc([N+](=O)[O-])c1Br)C(N)=O. The van der Waals surface area contributed by atoms with Gasteiger partial charge >= 0.3 is 0 Å². The molecule has 3 N–H and O–H groups in total. The zero-order chi connectivity index (χ0) is 14.8. The van der Waals surface area contributed by atoms with Crippen molar-refractivity contribution < 1.29 is 14.5 Å². The van der Waals surface area contributed by atoms with Gasteiger partial charge in [-0.2, -0.15) is 0 Å². The molecule has 0 unspecified atom stereocenters. The van der Waals surface area contributed by atoms with Crippen LogP contribution in [0, 0.1) is 10.1 Å². The number of carbonyl (C=O) groups is 2. The Hall–Kier alpha value is -1.96. The van der Waals surface area contributed by atoms with Crippen LogP contribution in [0.1, 0.15) is 24.2 Å². The van der Waals surface area contributed by atoms with Gasteiger partial charge in [0.25, 0.3) is 11.6 Å². The molecular formula is C11H12BrN3O4. The molecule has 0 aromatic heterocycles. The Balaban J connectivity index is 3.12. The molecular weight excluding hydrogens is 318 g/mol. The molecule has 0 saturated heterocycles. The van der Waals surface area contributed by atoms with Gasteiger partial charge in [0.1, 0.15) is 10.0 Å². The second kappa shape index (κ2) is 5.35. The number of rotatable bonds is 4. The first-order valence-electron chi connectivity index (χ1n) is 5.22. The Bertz CT molecular complexity index is 557. The second-order valence-electron chi connectivity index (χ2n) is 4.34. The molecule has 7 nitrogen and oxygen atoms in total. The number of nitrogens with two attached hydrogens (primary N) is 1.